The summed E-state index contributed by atoms with van der Waals surface area (Å²) in [5.74, 6) is 0.314. The number of aromatic nitrogens is 4. The summed E-state index contributed by atoms with van der Waals surface area (Å²) in [6.07, 6.45) is 5.94. The highest BCUT2D eigenvalue weighted by molar-refractivity contribution is 5.93. The average molecular weight is 407 g/mol. The van der Waals surface area contributed by atoms with Crippen molar-refractivity contribution in [2.75, 3.05) is 29.9 Å². The van der Waals surface area contributed by atoms with E-state index in [0.717, 1.165) is 49.1 Å². The second-order valence-electron chi connectivity index (χ2n) is 7.94. The van der Waals surface area contributed by atoms with E-state index in [1.807, 2.05) is 13.1 Å². The zero-order valence-electron chi connectivity index (χ0n) is 17.2. The van der Waals surface area contributed by atoms with E-state index in [9.17, 15) is 4.39 Å². The van der Waals surface area contributed by atoms with Gasteiger partial charge in [0.2, 0.25) is 0 Å². The lowest BCUT2D eigenvalue weighted by molar-refractivity contribution is 0.424. The number of fused-ring (bicyclic) bond motifs is 2. The highest BCUT2D eigenvalue weighted by Crippen LogP contribution is 2.29. The SMILES string of the molecule is CCNC1CCN(c2ccc3c(Nc4cc(F)c5nc(C)cn5c4)n[nH]c3c2)CC1. The minimum atomic E-state index is -0.365. The van der Waals surface area contributed by atoms with E-state index in [1.165, 1.54) is 11.8 Å². The number of rotatable bonds is 5. The summed E-state index contributed by atoms with van der Waals surface area (Å²) in [5, 5.41) is 15.3. The van der Waals surface area contributed by atoms with Crippen molar-refractivity contribution in [3.8, 4) is 0 Å². The summed E-state index contributed by atoms with van der Waals surface area (Å²) in [6, 6.07) is 8.42. The van der Waals surface area contributed by atoms with Crippen molar-refractivity contribution in [1.82, 2.24) is 24.9 Å². The Labute approximate surface area is 174 Å². The van der Waals surface area contributed by atoms with Gasteiger partial charge >= 0.3 is 0 Å². The van der Waals surface area contributed by atoms with Gasteiger partial charge < -0.3 is 19.9 Å². The zero-order valence-corrected chi connectivity index (χ0v) is 17.2. The molecular weight excluding hydrogens is 381 g/mol. The Morgan fingerprint density at radius 3 is 2.83 bits per heavy atom. The van der Waals surface area contributed by atoms with Gasteiger partial charge in [0, 0.05) is 48.7 Å². The maximum Gasteiger partial charge on any atom is 0.173 e. The average Bonchev–Trinajstić information content (AvgIpc) is 3.31. The molecule has 0 atom stereocenters. The predicted molar refractivity (Wildman–Crippen MR) is 118 cm³/mol. The molecule has 1 fully saturated rings. The van der Waals surface area contributed by atoms with Gasteiger partial charge in [0.1, 0.15) is 0 Å². The number of piperidine rings is 1. The van der Waals surface area contributed by atoms with E-state index in [1.54, 1.807) is 10.6 Å². The first-order valence-electron chi connectivity index (χ1n) is 10.5. The molecule has 5 rings (SSSR count). The van der Waals surface area contributed by atoms with E-state index in [2.05, 4.69) is 55.8 Å². The molecule has 0 spiro atoms. The molecule has 1 aromatic carbocycles. The molecule has 4 aromatic rings. The molecule has 4 heterocycles. The quantitative estimate of drug-likeness (QED) is 0.467. The van der Waals surface area contributed by atoms with Crippen LogP contribution in [0.4, 0.5) is 21.6 Å². The Kier molecular flexibility index (Phi) is 4.78. The number of hydrogen-bond donors (Lipinski definition) is 3. The van der Waals surface area contributed by atoms with Crippen LogP contribution in [0.5, 0.6) is 0 Å². The fourth-order valence-electron chi connectivity index (χ4n) is 4.31. The van der Waals surface area contributed by atoms with Crippen molar-refractivity contribution in [3.63, 3.8) is 0 Å². The molecule has 156 valence electrons. The summed E-state index contributed by atoms with van der Waals surface area (Å²) in [6.45, 7) is 7.13. The van der Waals surface area contributed by atoms with Crippen LogP contribution in [-0.4, -0.2) is 45.3 Å². The second-order valence-corrected chi connectivity index (χ2v) is 7.94. The summed E-state index contributed by atoms with van der Waals surface area (Å²) in [4.78, 5) is 6.62. The Hall–Kier alpha value is -3.13. The van der Waals surface area contributed by atoms with Crippen LogP contribution in [0.15, 0.2) is 36.7 Å². The predicted octanol–water partition coefficient (Wildman–Crippen LogP) is 3.98. The number of aryl methyl sites for hydroxylation is 1. The van der Waals surface area contributed by atoms with Crippen LogP contribution in [0, 0.1) is 12.7 Å². The van der Waals surface area contributed by atoms with Crippen molar-refractivity contribution in [2.24, 2.45) is 0 Å². The standard InChI is InChI=1S/C22H26FN7/c1-3-24-15-6-8-29(9-7-15)17-4-5-18-20(11-17)27-28-21(18)26-16-10-19(23)22-25-14(2)12-30(22)13-16/h4-5,10-13,15,24H,3,6-9H2,1-2H3,(H2,26,27,28). The van der Waals surface area contributed by atoms with Gasteiger partial charge in [-0.25, -0.2) is 9.37 Å². The van der Waals surface area contributed by atoms with E-state index >= 15 is 0 Å². The maximum absolute atomic E-state index is 14.4. The largest absolute Gasteiger partial charge is 0.371 e. The van der Waals surface area contributed by atoms with Crippen LogP contribution in [0.2, 0.25) is 0 Å². The van der Waals surface area contributed by atoms with Crippen molar-refractivity contribution < 1.29 is 4.39 Å². The molecular formula is C22H26FN7. The fraction of sp³-hybridized carbons (Fsp3) is 0.364. The van der Waals surface area contributed by atoms with Gasteiger partial charge in [0.05, 0.1) is 16.9 Å². The smallest absolute Gasteiger partial charge is 0.173 e. The molecule has 1 saturated heterocycles. The van der Waals surface area contributed by atoms with Crippen LogP contribution >= 0.6 is 0 Å². The lowest BCUT2D eigenvalue weighted by Gasteiger charge is -2.34. The van der Waals surface area contributed by atoms with E-state index in [4.69, 9.17) is 0 Å². The molecule has 0 unspecified atom stereocenters. The topological polar surface area (TPSA) is 73.3 Å². The minimum absolute atomic E-state index is 0.326. The van der Waals surface area contributed by atoms with Gasteiger partial charge in [0.25, 0.3) is 0 Å². The number of nitrogens with one attached hydrogen (secondary N) is 3. The van der Waals surface area contributed by atoms with Gasteiger partial charge in [-0.2, -0.15) is 5.10 Å². The number of benzene rings is 1. The lowest BCUT2D eigenvalue weighted by atomic mass is 10.0. The Morgan fingerprint density at radius 1 is 1.20 bits per heavy atom. The third kappa shape index (κ3) is 3.47. The number of H-pyrrole nitrogens is 1. The van der Waals surface area contributed by atoms with Crippen LogP contribution in [0.3, 0.4) is 0 Å². The number of nitrogens with zero attached hydrogens (tertiary/aromatic N) is 4. The zero-order chi connectivity index (χ0) is 20.7. The summed E-state index contributed by atoms with van der Waals surface area (Å²) >= 11 is 0. The fourth-order valence-corrected chi connectivity index (χ4v) is 4.31. The molecule has 30 heavy (non-hydrogen) atoms. The van der Waals surface area contributed by atoms with Gasteiger partial charge in [-0.05, 0) is 44.5 Å². The molecule has 1 aliphatic heterocycles. The first-order valence-corrected chi connectivity index (χ1v) is 10.5. The maximum atomic E-state index is 14.4. The number of hydrogen-bond acceptors (Lipinski definition) is 5. The Bertz CT molecular complexity index is 1190. The first-order chi connectivity index (χ1) is 14.6. The third-order valence-electron chi connectivity index (χ3n) is 5.79. The highest BCUT2D eigenvalue weighted by Gasteiger charge is 2.19. The summed E-state index contributed by atoms with van der Waals surface area (Å²) in [7, 11) is 0. The van der Waals surface area contributed by atoms with Crippen molar-refractivity contribution >= 4 is 33.7 Å². The lowest BCUT2D eigenvalue weighted by Crippen LogP contribution is -2.42. The van der Waals surface area contributed by atoms with Crippen molar-refractivity contribution in [2.45, 2.75) is 32.7 Å². The van der Waals surface area contributed by atoms with Crippen LogP contribution in [-0.2, 0) is 0 Å². The van der Waals surface area contributed by atoms with Crippen LogP contribution in [0.1, 0.15) is 25.5 Å². The van der Waals surface area contributed by atoms with Crippen molar-refractivity contribution in [1.29, 1.82) is 0 Å². The molecule has 0 radical (unpaired) electrons. The van der Waals surface area contributed by atoms with E-state index in [0.29, 0.717) is 23.2 Å². The van der Waals surface area contributed by atoms with Gasteiger partial charge in [-0.15, -0.1) is 0 Å². The Balaban J connectivity index is 1.37. The normalized spacial score (nSPS) is 15.4. The number of imidazole rings is 1. The number of anilines is 3. The molecule has 3 aromatic heterocycles. The van der Waals surface area contributed by atoms with Crippen LogP contribution in [0.25, 0.3) is 16.6 Å². The molecule has 0 bridgehead atoms. The molecule has 0 aliphatic carbocycles. The molecule has 0 saturated carbocycles. The van der Waals surface area contributed by atoms with Gasteiger partial charge in [-0.1, -0.05) is 6.92 Å². The van der Waals surface area contributed by atoms with E-state index in [-0.39, 0.29) is 5.82 Å². The molecule has 8 heteroatoms. The molecule has 0 amide bonds. The molecule has 3 N–H and O–H groups in total. The second kappa shape index (κ2) is 7.60. The monoisotopic (exact) mass is 407 g/mol. The molecule has 7 nitrogen and oxygen atoms in total. The molecule has 1 aliphatic rings. The van der Waals surface area contributed by atoms with Crippen LogP contribution < -0.4 is 15.5 Å². The third-order valence-corrected chi connectivity index (χ3v) is 5.79. The van der Waals surface area contributed by atoms with Gasteiger partial charge in [-0.3, -0.25) is 5.10 Å². The summed E-state index contributed by atoms with van der Waals surface area (Å²) < 4.78 is 16.1. The number of aromatic amines is 1. The Morgan fingerprint density at radius 2 is 2.03 bits per heavy atom. The van der Waals surface area contributed by atoms with E-state index < -0.39 is 0 Å². The number of halogens is 1. The minimum Gasteiger partial charge on any atom is -0.371 e. The van der Waals surface area contributed by atoms with Gasteiger partial charge in [0.15, 0.2) is 17.3 Å². The number of pyridine rings is 1. The first kappa shape index (κ1) is 18.9. The summed E-state index contributed by atoms with van der Waals surface area (Å²) in [5.41, 5.74) is 3.89. The highest BCUT2D eigenvalue weighted by atomic mass is 19.1. The van der Waals surface area contributed by atoms with Crippen molar-refractivity contribution in [3.05, 3.63) is 48.2 Å².